The van der Waals surface area contributed by atoms with Crippen LogP contribution in [0.4, 0.5) is 0 Å². The second-order valence-corrected chi connectivity index (χ2v) is 6.80. The van der Waals surface area contributed by atoms with Gasteiger partial charge in [-0.15, -0.1) is 0 Å². The molecule has 0 fully saturated rings. The number of carbonyl (C=O) groups excluding carboxylic acids is 1. The first-order valence-corrected chi connectivity index (χ1v) is 8.87. The molecule has 3 nitrogen and oxygen atoms in total. The summed E-state index contributed by atoms with van der Waals surface area (Å²) >= 11 is 13.6. The summed E-state index contributed by atoms with van der Waals surface area (Å²) in [5.41, 5.74) is 1.65. The third kappa shape index (κ3) is 3.89. The van der Waals surface area contributed by atoms with E-state index < -0.39 is 0 Å². The van der Waals surface area contributed by atoms with Crippen LogP contribution in [-0.4, -0.2) is 29.1 Å². The molecule has 0 aromatic heterocycles. The largest absolute Gasteiger partial charge is 0.286 e. The number of amides is 1. The van der Waals surface area contributed by atoms with E-state index in [1.807, 2.05) is 36.4 Å². The van der Waals surface area contributed by atoms with Crippen molar-refractivity contribution in [2.24, 2.45) is 4.99 Å². The van der Waals surface area contributed by atoms with E-state index in [1.165, 1.54) is 0 Å². The molecule has 0 N–H and O–H groups in total. The number of hydrogen-bond acceptors (Lipinski definition) is 3. The van der Waals surface area contributed by atoms with Crippen molar-refractivity contribution in [3.8, 4) is 0 Å². The number of thioether (sulfide) groups is 1. The molecule has 2 aromatic rings. The van der Waals surface area contributed by atoms with Gasteiger partial charge in [-0.05, 0) is 29.8 Å². The Kier molecular flexibility index (Phi) is 5.26. The Morgan fingerprint density at radius 2 is 1.87 bits per heavy atom. The van der Waals surface area contributed by atoms with Gasteiger partial charge in [0, 0.05) is 17.3 Å². The summed E-state index contributed by atoms with van der Waals surface area (Å²) in [6, 6.07) is 14.8. The molecule has 0 radical (unpaired) electrons. The highest BCUT2D eigenvalue weighted by molar-refractivity contribution is 8.13. The van der Waals surface area contributed by atoms with Gasteiger partial charge in [0.2, 0.25) is 0 Å². The Morgan fingerprint density at radius 1 is 1.13 bits per heavy atom. The number of halogens is 2. The lowest BCUT2D eigenvalue weighted by Crippen LogP contribution is -2.33. The quantitative estimate of drug-likeness (QED) is 0.787. The Morgan fingerprint density at radius 3 is 2.61 bits per heavy atom. The Bertz CT molecular complexity index is 747. The minimum atomic E-state index is -0.101. The van der Waals surface area contributed by atoms with E-state index in [0.29, 0.717) is 28.7 Å². The number of carbonyl (C=O) groups is 1. The van der Waals surface area contributed by atoms with Crippen LogP contribution in [0.15, 0.2) is 53.5 Å². The van der Waals surface area contributed by atoms with Crippen LogP contribution in [0.5, 0.6) is 0 Å². The zero-order valence-electron chi connectivity index (χ0n) is 12.2. The number of rotatable bonds is 3. The molecular formula is C17H14Cl2N2OS. The molecule has 0 bridgehead atoms. The fraction of sp³-hybridized carbons (Fsp3) is 0.176. The lowest BCUT2D eigenvalue weighted by molar-refractivity contribution is 0.0861. The van der Waals surface area contributed by atoms with Gasteiger partial charge in [0.25, 0.3) is 5.91 Å². The van der Waals surface area contributed by atoms with E-state index in [4.69, 9.17) is 23.2 Å². The molecule has 3 rings (SSSR count). The molecule has 0 spiro atoms. The van der Waals surface area contributed by atoms with Crippen LogP contribution >= 0.6 is 35.0 Å². The number of amidine groups is 1. The van der Waals surface area contributed by atoms with E-state index >= 15 is 0 Å². The maximum absolute atomic E-state index is 12.7. The summed E-state index contributed by atoms with van der Waals surface area (Å²) in [5, 5.41) is 1.92. The van der Waals surface area contributed by atoms with Crippen molar-refractivity contribution in [1.82, 2.24) is 4.90 Å². The van der Waals surface area contributed by atoms with E-state index in [2.05, 4.69) is 4.99 Å². The van der Waals surface area contributed by atoms with E-state index in [-0.39, 0.29) is 5.91 Å². The summed E-state index contributed by atoms with van der Waals surface area (Å²) in [6.07, 6.45) is 0. The predicted octanol–water partition coefficient (Wildman–Crippen LogP) is 4.74. The fourth-order valence-corrected chi connectivity index (χ4v) is 3.59. The van der Waals surface area contributed by atoms with Gasteiger partial charge in [0.05, 0.1) is 17.1 Å². The van der Waals surface area contributed by atoms with Gasteiger partial charge in [-0.2, -0.15) is 0 Å². The topological polar surface area (TPSA) is 32.7 Å². The number of benzene rings is 2. The zero-order chi connectivity index (χ0) is 16.2. The molecule has 0 aliphatic carbocycles. The van der Waals surface area contributed by atoms with Crippen molar-refractivity contribution in [2.75, 3.05) is 13.1 Å². The van der Waals surface area contributed by atoms with Crippen LogP contribution in [0.25, 0.3) is 0 Å². The smallest absolute Gasteiger partial charge is 0.261 e. The first-order chi connectivity index (χ1) is 11.1. The van der Waals surface area contributed by atoms with Gasteiger partial charge in [0.15, 0.2) is 5.17 Å². The first-order valence-electron chi connectivity index (χ1n) is 7.13. The third-order valence-corrected chi connectivity index (χ3v) is 5.10. The zero-order valence-corrected chi connectivity index (χ0v) is 14.5. The molecule has 2 aromatic carbocycles. The maximum Gasteiger partial charge on any atom is 0.261 e. The van der Waals surface area contributed by atoms with Crippen LogP contribution < -0.4 is 0 Å². The second-order valence-electron chi connectivity index (χ2n) is 5.02. The van der Waals surface area contributed by atoms with Crippen LogP contribution in [0.2, 0.25) is 10.0 Å². The number of aliphatic imine (C=N–C) groups is 1. The normalized spacial score (nSPS) is 14.0. The van der Waals surface area contributed by atoms with E-state index in [9.17, 15) is 4.79 Å². The highest BCUT2D eigenvalue weighted by Crippen LogP contribution is 2.24. The molecular weight excluding hydrogens is 351 g/mol. The lowest BCUT2D eigenvalue weighted by Gasteiger charge is -2.18. The third-order valence-electron chi connectivity index (χ3n) is 3.43. The summed E-state index contributed by atoms with van der Waals surface area (Å²) in [6.45, 7) is 1.21. The second kappa shape index (κ2) is 7.39. The Labute approximate surface area is 149 Å². The highest BCUT2D eigenvalue weighted by Gasteiger charge is 2.26. The molecule has 6 heteroatoms. The van der Waals surface area contributed by atoms with Gasteiger partial charge in [0.1, 0.15) is 0 Å². The molecule has 0 saturated carbocycles. The van der Waals surface area contributed by atoms with Gasteiger partial charge >= 0.3 is 0 Å². The van der Waals surface area contributed by atoms with E-state index in [0.717, 1.165) is 16.5 Å². The average molecular weight is 365 g/mol. The number of hydrogen-bond donors (Lipinski definition) is 0. The minimum Gasteiger partial charge on any atom is -0.286 e. The van der Waals surface area contributed by atoms with Crippen molar-refractivity contribution in [2.45, 2.75) is 5.75 Å². The molecule has 0 saturated heterocycles. The van der Waals surface area contributed by atoms with Crippen LogP contribution in [0, 0.1) is 0 Å². The molecule has 1 amide bonds. The maximum atomic E-state index is 12.7. The molecule has 118 valence electrons. The molecule has 0 atom stereocenters. The summed E-state index contributed by atoms with van der Waals surface area (Å²) in [7, 11) is 0. The van der Waals surface area contributed by atoms with Gasteiger partial charge in [-0.3, -0.25) is 14.7 Å². The standard InChI is InChI=1S/C17H14Cl2N2OS/c18-13-7-5-12(6-8-13)11-23-17-20-9-10-21(17)16(22)14-3-1-2-4-15(14)19/h1-8H,9-11H2. The number of nitrogens with zero attached hydrogens (tertiary/aromatic N) is 2. The van der Waals surface area contributed by atoms with Crippen LogP contribution in [-0.2, 0) is 5.75 Å². The average Bonchev–Trinajstić information content (AvgIpc) is 3.03. The van der Waals surface area contributed by atoms with Crippen molar-refractivity contribution >= 4 is 46.0 Å². The van der Waals surface area contributed by atoms with Crippen molar-refractivity contribution in [1.29, 1.82) is 0 Å². The summed E-state index contributed by atoms with van der Waals surface area (Å²) < 4.78 is 0. The monoisotopic (exact) mass is 364 g/mol. The minimum absolute atomic E-state index is 0.101. The molecule has 23 heavy (non-hydrogen) atoms. The lowest BCUT2D eigenvalue weighted by atomic mass is 10.2. The molecule has 1 aliphatic rings. The van der Waals surface area contributed by atoms with Crippen molar-refractivity contribution in [3.05, 3.63) is 69.7 Å². The summed E-state index contributed by atoms with van der Waals surface area (Å²) in [4.78, 5) is 18.8. The van der Waals surface area contributed by atoms with Gasteiger partial charge < -0.3 is 0 Å². The van der Waals surface area contributed by atoms with Crippen molar-refractivity contribution in [3.63, 3.8) is 0 Å². The predicted molar refractivity (Wildman–Crippen MR) is 97.5 cm³/mol. The molecule has 1 aliphatic heterocycles. The van der Waals surface area contributed by atoms with Gasteiger partial charge in [-0.1, -0.05) is 59.2 Å². The highest BCUT2D eigenvalue weighted by atomic mass is 35.5. The first kappa shape index (κ1) is 16.4. The Hall–Kier alpha value is -1.49. The molecule has 0 unspecified atom stereocenters. The Balaban J connectivity index is 1.69. The van der Waals surface area contributed by atoms with Crippen molar-refractivity contribution < 1.29 is 4.79 Å². The fourth-order valence-electron chi connectivity index (χ4n) is 2.25. The van der Waals surface area contributed by atoms with Crippen LogP contribution in [0.3, 0.4) is 0 Å². The molecule has 1 heterocycles. The SMILES string of the molecule is O=C(c1ccccc1Cl)N1CCN=C1SCc1ccc(Cl)cc1. The summed E-state index contributed by atoms with van der Waals surface area (Å²) in [5.74, 6) is 0.637. The van der Waals surface area contributed by atoms with Crippen LogP contribution in [0.1, 0.15) is 15.9 Å². The van der Waals surface area contributed by atoms with Gasteiger partial charge in [-0.25, -0.2) is 0 Å². The van der Waals surface area contributed by atoms with E-state index in [1.54, 1.807) is 28.8 Å².